The fourth-order valence-electron chi connectivity index (χ4n) is 2.74. The Balaban J connectivity index is 2.10. The van der Waals surface area contributed by atoms with Crippen molar-refractivity contribution in [3.05, 3.63) is 27.3 Å². The minimum Gasteiger partial charge on any atom is -0.326 e. The molecule has 0 bridgehead atoms. The van der Waals surface area contributed by atoms with E-state index in [2.05, 4.69) is 4.98 Å². The van der Waals surface area contributed by atoms with Crippen molar-refractivity contribution in [1.82, 2.24) is 9.55 Å². The van der Waals surface area contributed by atoms with Gasteiger partial charge in [0.2, 0.25) is 0 Å². The summed E-state index contributed by atoms with van der Waals surface area (Å²) in [6.07, 6.45) is 1.32. The number of benzene rings is 1. The summed E-state index contributed by atoms with van der Waals surface area (Å²) in [5.41, 5.74) is 1.25. The van der Waals surface area contributed by atoms with Crippen LogP contribution in [-0.2, 0) is 22.3 Å². The third kappa shape index (κ3) is 2.79. The zero-order valence-electron chi connectivity index (χ0n) is 11.0. The second kappa shape index (κ2) is 5.66. The molecule has 3 rings (SSSR count). The van der Waals surface area contributed by atoms with Crippen LogP contribution in [0.5, 0.6) is 0 Å². The molecule has 1 aromatic heterocycles. The van der Waals surface area contributed by atoms with Crippen molar-refractivity contribution in [2.45, 2.75) is 30.5 Å². The molecule has 0 N–H and O–H groups in total. The highest BCUT2D eigenvalue weighted by atomic mass is 127. The van der Waals surface area contributed by atoms with Crippen LogP contribution in [0, 0.1) is 9.39 Å². The maximum absolute atomic E-state index is 13.8. The molecule has 0 radical (unpaired) electrons. The second-order valence-corrected chi connectivity index (χ2v) is 8.99. The number of alkyl halides is 1. The minimum atomic E-state index is -3.06. The molecule has 1 aromatic carbocycles. The van der Waals surface area contributed by atoms with Gasteiger partial charge in [0.25, 0.3) is 0 Å². The van der Waals surface area contributed by atoms with Gasteiger partial charge in [-0.1, -0.05) is 0 Å². The molecule has 0 saturated carbocycles. The van der Waals surface area contributed by atoms with E-state index < -0.39 is 15.1 Å². The first-order valence-electron chi connectivity index (χ1n) is 6.54. The van der Waals surface area contributed by atoms with Crippen molar-refractivity contribution in [2.24, 2.45) is 0 Å². The van der Waals surface area contributed by atoms with E-state index in [1.807, 2.05) is 22.6 Å². The first-order valence-corrected chi connectivity index (χ1v) is 9.87. The predicted octanol–water partition coefficient (Wildman–Crippen LogP) is 3.10. The van der Waals surface area contributed by atoms with E-state index in [4.69, 9.17) is 11.6 Å². The number of fused-ring (bicyclic) bond motifs is 1. The number of rotatable bonds is 3. The first kappa shape index (κ1) is 15.5. The van der Waals surface area contributed by atoms with Gasteiger partial charge in [-0.15, -0.1) is 11.6 Å². The highest BCUT2D eigenvalue weighted by Gasteiger charge is 2.32. The van der Waals surface area contributed by atoms with E-state index in [-0.39, 0.29) is 17.5 Å². The lowest BCUT2D eigenvalue weighted by Gasteiger charge is -2.13. The molecule has 1 atom stereocenters. The molecule has 1 unspecified atom stereocenters. The van der Waals surface area contributed by atoms with Gasteiger partial charge < -0.3 is 4.57 Å². The van der Waals surface area contributed by atoms with Gasteiger partial charge in [0.05, 0.1) is 31.5 Å². The molecule has 8 heteroatoms. The number of nitrogens with zero attached hydrogens (tertiary/aromatic N) is 2. The van der Waals surface area contributed by atoms with Gasteiger partial charge in [-0.25, -0.2) is 17.8 Å². The van der Waals surface area contributed by atoms with Crippen molar-refractivity contribution in [1.29, 1.82) is 0 Å². The molecular formula is C13H13ClFIN2O2S. The fraction of sp³-hybridized carbons (Fsp3) is 0.462. The molecule has 1 aliphatic rings. The van der Waals surface area contributed by atoms with Crippen LogP contribution in [0.1, 0.15) is 18.7 Å². The Morgan fingerprint density at radius 2 is 2.24 bits per heavy atom. The number of aromatic nitrogens is 2. The van der Waals surface area contributed by atoms with Crippen molar-refractivity contribution in [3.8, 4) is 0 Å². The van der Waals surface area contributed by atoms with Crippen LogP contribution in [0.15, 0.2) is 12.1 Å². The zero-order chi connectivity index (χ0) is 15.2. The van der Waals surface area contributed by atoms with E-state index >= 15 is 0 Å². The standard InChI is InChI=1S/C13H13ClFIN2O2S/c14-6-13-17-11-5-10(16)9(15)4-12(11)18(13)7-8-2-1-3-21(8,19)20/h4-5,8H,1-3,6-7H2. The van der Waals surface area contributed by atoms with Crippen molar-refractivity contribution < 1.29 is 12.8 Å². The number of hydrogen-bond acceptors (Lipinski definition) is 3. The zero-order valence-corrected chi connectivity index (χ0v) is 14.8. The second-order valence-electron chi connectivity index (χ2n) is 5.16. The summed E-state index contributed by atoms with van der Waals surface area (Å²) < 4.78 is 40.0. The molecule has 0 amide bonds. The van der Waals surface area contributed by atoms with Gasteiger partial charge in [0, 0.05) is 12.6 Å². The topological polar surface area (TPSA) is 52.0 Å². The summed E-state index contributed by atoms with van der Waals surface area (Å²) in [4.78, 5) is 4.39. The highest BCUT2D eigenvalue weighted by Crippen LogP contribution is 2.27. The van der Waals surface area contributed by atoms with Crippen molar-refractivity contribution >= 4 is 55.1 Å². The molecule has 1 aliphatic heterocycles. The SMILES string of the molecule is O=S1(=O)CCCC1Cn1c(CCl)nc2cc(I)c(F)cc21. The predicted molar refractivity (Wildman–Crippen MR) is 88.8 cm³/mol. The van der Waals surface area contributed by atoms with E-state index in [1.165, 1.54) is 6.07 Å². The van der Waals surface area contributed by atoms with Crippen LogP contribution in [0.4, 0.5) is 4.39 Å². The smallest absolute Gasteiger partial charge is 0.154 e. The average molecular weight is 443 g/mol. The quantitative estimate of drug-likeness (QED) is 0.542. The molecule has 4 nitrogen and oxygen atoms in total. The molecule has 1 fully saturated rings. The van der Waals surface area contributed by atoms with Gasteiger partial charge in [0.1, 0.15) is 11.6 Å². The first-order chi connectivity index (χ1) is 9.92. The maximum Gasteiger partial charge on any atom is 0.154 e. The van der Waals surface area contributed by atoms with E-state index in [0.717, 1.165) is 0 Å². The Morgan fingerprint density at radius 1 is 1.48 bits per heavy atom. The Bertz CT molecular complexity index is 806. The maximum atomic E-state index is 13.8. The van der Waals surface area contributed by atoms with Crippen LogP contribution in [0.3, 0.4) is 0 Å². The van der Waals surface area contributed by atoms with Gasteiger partial charge in [-0.05, 0) is 41.5 Å². The summed E-state index contributed by atoms with van der Waals surface area (Å²) in [6.45, 7) is 0.293. The number of halogens is 3. The Morgan fingerprint density at radius 3 is 2.86 bits per heavy atom. The fourth-order valence-corrected chi connectivity index (χ4v) is 5.20. The Labute approximate surface area is 140 Å². The lowest BCUT2D eigenvalue weighted by Crippen LogP contribution is -2.23. The molecule has 1 saturated heterocycles. The molecule has 2 heterocycles. The summed E-state index contributed by atoms with van der Waals surface area (Å²) in [5.74, 6) is 0.640. The average Bonchev–Trinajstić information content (AvgIpc) is 2.92. The largest absolute Gasteiger partial charge is 0.326 e. The summed E-state index contributed by atoms with van der Waals surface area (Å²) in [6, 6.07) is 3.06. The van der Waals surface area contributed by atoms with Gasteiger partial charge in [-0.3, -0.25) is 0 Å². The summed E-state index contributed by atoms with van der Waals surface area (Å²) in [5, 5.41) is -0.431. The van der Waals surface area contributed by atoms with Crippen LogP contribution >= 0.6 is 34.2 Å². The van der Waals surface area contributed by atoms with Gasteiger partial charge in [-0.2, -0.15) is 0 Å². The lowest BCUT2D eigenvalue weighted by molar-refractivity contribution is 0.565. The molecule has 2 aromatic rings. The minimum absolute atomic E-state index is 0.166. The molecule has 114 valence electrons. The highest BCUT2D eigenvalue weighted by molar-refractivity contribution is 14.1. The van der Waals surface area contributed by atoms with Crippen molar-refractivity contribution in [2.75, 3.05) is 5.75 Å². The number of sulfone groups is 1. The molecule has 21 heavy (non-hydrogen) atoms. The van der Waals surface area contributed by atoms with Crippen LogP contribution in [0.25, 0.3) is 11.0 Å². The Hall–Kier alpha value is -0.410. The Kier molecular flexibility index (Phi) is 4.17. The van der Waals surface area contributed by atoms with E-state index in [9.17, 15) is 12.8 Å². The van der Waals surface area contributed by atoms with Gasteiger partial charge >= 0.3 is 0 Å². The van der Waals surface area contributed by atoms with Crippen molar-refractivity contribution in [3.63, 3.8) is 0 Å². The molecular weight excluding hydrogens is 430 g/mol. The summed E-state index contributed by atoms with van der Waals surface area (Å²) in [7, 11) is -3.06. The van der Waals surface area contributed by atoms with Crippen LogP contribution in [0.2, 0.25) is 0 Å². The third-order valence-electron chi connectivity index (χ3n) is 3.84. The van der Waals surface area contributed by atoms with Crippen LogP contribution < -0.4 is 0 Å². The normalized spacial score (nSPS) is 21.2. The number of imidazole rings is 1. The van der Waals surface area contributed by atoms with Gasteiger partial charge in [0.15, 0.2) is 9.84 Å². The van der Waals surface area contributed by atoms with E-state index in [0.29, 0.717) is 39.8 Å². The third-order valence-corrected chi connectivity index (χ3v) is 7.16. The molecule has 0 spiro atoms. The molecule has 0 aliphatic carbocycles. The number of hydrogen-bond donors (Lipinski definition) is 0. The lowest BCUT2D eigenvalue weighted by atomic mass is 10.2. The summed E-state index contributed by atoms with van der Waals surface area (Å²) >= 11 is 7.82. The van der Waals surface area contributed by atoms with Crippen LogP contribution in [-0.4, -0.2) is 29.0 Å². The monoisotopic (exact) mass is 442 g/mol. The van der Waals surface area contributed by atoms with E-state index in [1.54, 1.807) is 10.6 Å².